The molecule has 1 atom stereocenters. The number of thiazole rings is 1. The van der Waals surface area contributed by atoms with Crippen LogP contribution in [0.3, 0.4) is 0 Å². The highest BCUT2D eigenvalue weighted by Crippen LogP contribution is 2.27. The molecule has 1 fully saturated rings. The van der Waals surface area contributed by atoms with E-state index in [1.54, 1.807) is 12.1 Å². The van der Waals surface area contributed by atoms with Crippen molar-refractivity contribution in [1.82, 2.24) is 9.88 Å². The summed E-state index contributed by atoms with van der Waals surface area (Å²) < 4.78 is 13.1. The minimum absolute atomic E-state index is 0.0472. The third kappa shape index (κ3) is 3.24. The van der Waals surface area contributed by atoms with Crippen molar-refractivity contribution >= 4 is 11.3 Å². The van der Waals surface area contributed by atoms with E-state index in [0.717, 1.165) is 29.2 Å². The molecule has 2 heterocycles. The molecule has 112 valence electrons. The van der Waals surface area contributed by atoms with Crippen LogP contribution in [-0.4, -0.2) is 22.5 Å². The van der Waals surface area contributed by atoms with Crippen LogP contribution in [0.15, 0.2) is 29.1 Å². The first-order valence-electron chi connectivity index (χ1n) is 7.35. The molecule has 0 aliphatic carbocycles. The van der Waals surface area contributed by atoms with E-state index < -0.39 is 0 Å². The third-order valence-corrected chi connectivity index (χ3v) is 5.01. The molecule has 2 aromatic rings. The van der Waals surface area contributed by atoms with Crippen LogP contribution >= 0.6 is 11.3 Å². The molecular weight excluding hydrogens is 287 g/mol. The molecule has 0 bridgehead atoms. The largest absolute Gasteiger partial charge is 0.312 e. The third-order valence-electron chi connectivity index (χ3n) is 4.14. The van der Waals surface area contributed by atoms with Gasteiger partial charge in [-0.3, -0.25) is 9.69 Å². The van der Waals surface area contributed by atoms with Crippen molar-refractivity contribution < 1.29 is 4.39 Å². The van der Waals surface area contributed by atoms with Crippen molar-refractivity contribution in [3.8, 4) is 11.3 Å². The van der Waals surface area contributed by atoms with E-state index in [4.69, 9.17) is 0 Å². The smallest absolute Gasteiger partial charge is 0.305 e. The number of likely N-dealkylation sites (tertiary alicyclic amines) is 1. The van der Waals surface area contributed by atoms with Crippen molar-refractivity contribution in [1.29, 1.82) is 0 Å². The average Bonchev–Trinajstić information content (AvgIpc) is 2.83. The normalized spacial score (nSPS) is 19.8. The van der Waals surface area contributed by atoms with Crippen LogP contribution in [0, 0.1) is 5.82 Å². The van der Waals surface area contributed by atoms with Crippen LogP contribution < -0.4 is 4.87 Å². The Morgan fingerprint density at radius 1 is 1.33 bits per heavy atom. The van der Waals surface area contributed by atoms with Gasteiger partial charge in [0.2, 0.25) is 0 Å². The zero-order valence-electron chi connectivity index (χ0n) is 12.1. The van der Waals surface area contributed by atoms with Gasteiger partial charge in [-0.05, 0) is 56.1 Å². The summed E-state index contributed by atoms with van der Waals surface area (Å²) in [6.45, 7) is 4.11. The Hall–Kier alpha value is -1.46. The molecule has 5 heteroatoms. The van der Waals surface area contributed by atoms with Crippen molar-refractivity contribution in [2.24, 2.45) is 0 Å². The molecule has 0 radical (unpaired) electrons. The van der Waals surface area contributed by atoms with Gasteiger partial charge in [0.05, 0.1) is 5.69 Å². The number of benzene rings is 1. The molecule has 3 rings (SSSR count). The summed E-state index contributed by atoms with van der Waals surface area (Å²) in [5, 5.41) is 0. The summed E-state index contributed by atoms with van der Waals surface area (Å²) in [4.78, 5) is 18.1. The molecule has 0 saturated carbocycles. The zero-order valence-corrected chi connectivity index (χ0v) is 12.9. The lowest BCUT2D eigenvalue weighted by molar-refractivity contribution is 0.154. The average molecular weight is 306 g/mol. The van der Waals surface area contributed by atoms with Gasteiger partial charge >= 0.3 is 4.87 Å². The molecule has 21 heavy (non-hydrogen) atoms. The second-order valence-corrected chi connectivity index (χ2v) is 6.70. The highest BCUT2D eigenvalue weighted by molar-refractivity contribution is 7.09. The van der Waals surface area contributed by atoms with Crippen molar-refractivity contribution in [3.63, 3.8) is 0 Å². The lowest BCUT2D eigenvalue weighted by atomic mass is 10.0. The maximum Gasteiger partial charge on any atom is 0.305 e. The molecule has 1 aromatic heterocycles. The number of piperidine rings is 1. The van der Waals surface area contributed by atoms with Gasteiger partial charge in [-0.1, -0.05) is 17.8 Å². The lowest BCUT2D eigenvalue weighted by Crippen LogP contribution is -2.36. The minimum atomic E-state index is -0.262. The van der Waals surface area contributed by atoms with Crippen molar-refractivity contribution in [2.75, 3.05) is 6.54 Å². The van der Waals surface area contributed by atoms with E-state index in [-0.39, 0.29) is 10.7 Å². The van der Waals surface area contributed by atoms with Crippen LogP contribution in [0.25, 0.3) is 11.3 Å². The Morgan fingerprint density at radius 2 is 2.10 bits per heavy atom. The van der Waals surface area contributed by atoms with Gasteiger partial charge in [0.1, 0.15) is 5.82 Å². The fourth-order valence-electron chi connectivity index (χ4n) is 2.90. The molecule has 0 spiro atoms. The van der Waals surface area contributed by atoms with E-state index in [1.807, 2.05) is 0 Å². The molecule has 1 aliphatic rings. The summed E-state index contributed by atoms with van der Waals surface area (Å²) in [6, 6.07) is 6.85. The van der Waals surface area contributed by atoms with Crippen LogP contribution in [0.4, 0.5) is 4.39 Å². The molecular formula is C16H19FN2OS. The maximum atomic E-state index is 13.1. The molecule has 3 nitrogen and oxygen atoms in total. The van der Waals surface area contributed by atoms with E-state index in [1.165, 1.54) is 42.7 Å². The first-order valence-corrected chi connectivity index (χ1v) is 8.17. The fourth-order valence-corrected chi connectivity index (χ4v) is 3.78. The van der Waals surface area contributed by atoms with Crippen LogP contribution in [0.2, 0.25) is 0 Å². The predicted molar refractivity (Wildman–Crippen MR) is 84.1 cm³/mol. The number of halogens is 1. The number of hydrogen-bond donors (Lipinski definition) is 1. The second kappa shape index (κ2) is 6.12. The van der Waals surface area contributed by atoms with Crippen molar-refractivity contribution in [2.45, 2.75) is 38.8 Å². The Kier molecular flexibility index (Phi) is 4.22. The summed E-state index contributed by atoms with van der Waals surface area (Å²) in [5.74, 6) is -0.262. The molecule has 1 N–H and O–H groups in total. The SMILES string of the molecule is CC1CCCCN1Cc1sc(=O)[nH]c1-c1ccc(F)cc1. The van der Waals surface area contributed by atoms with Gasteiger partial charge in [-0.2, -0.15) is 0 Å². The number of hydrogen-bond acceptors (Lipinski definition) is 3. The van der Waals surface area contributed by atoms with Crippen LogP contribution in [0.1, 0.15) is 31.1 Å². The highest BCUT2D eigenvalue weighted by atomic mass is 32.1. The highest BCUT2D eigenvalue weighted by Gasteiger charge is 2.21. The lowest BCUT2D eigenvalue weighted by Gasteiger charge is -2.33. The zero-order chi connectivity index (χ0) is 14.8. The van der Waals surface area contributed by atoms with E-state index >= 15 is 0 Å². The van der Waals surface area contributed by atoms with Gasteiger partial charge in [-0.15, -0.1) is 0 Å². The number of nitrogens with zero attached hydrogens (tertiary/aromatic N) is 1. The minimum Gasteiger partial charge on any atom is -0.312 e. The number of nitrogens with one attached hydrogen (secondary N) is 1. The number of H-pyrrole nitrogens is 1. The number of aromatic amines is 1. The second-order valence-electron chi connectivity index (χ2n) is 5.63. The molecule has 0 amide bonds. The topological polar surface area (TPSA) is 36.1 Å². The summed E-state index contributed by atoms with van der Waals surface area (Å²) in [6.07, 6.45) is 3.71. The molecule has 1 aromatic carbocycles. The van der Waals surface area contributed by atoms with Crippen LogP contribution in [-0.2, 0) is 6.54 Å². The summed E-state index contributed by atoms with van der Waals surface area (Å²) in [7, 11) is 0. The number of rotatable bonds is 3. The Balaban J connectivity index is 1.88. The van der Waals surface area contributed by atoms with Gasteiger partial charge in [-0.25, -0.2) is 4.39 Å². The monoisotopic (exact) mass is 306 g/mol. The van der Waals surface area contributed by atoms with Crippen LogP contribution in [0.5, 0.6) is 0 Å². The maximum absolute atomic E-state index is 13.1. The van der Waals surface area contributed by atoms with Gasteiger partial charge in [0.25, 0.3) is 0 Å². The van der Waals surface area contributed by atoms with Crippen molar-refractivity contribution in [3.05, 3.63) is 44.6 Å². The molecule has 1 unspecified atom stereocenters. The predicted octanol–water partition coefficient (Wildman–Crippen LogP) is 3.62. The Labute approximate surface area is 127 Å². The quantitative estimate of drug-likeness (QED) is 0.940. The van der Waals surface area contributed by atoms with E-state index in [9.17, 15) is 9.18 Å². The molecule has 1 saturated heterocycles. The fraction of sp³-hybridized carbons (Fsp3) is 0.438. The van der Waals surface area contributed by atoms with Gasteiger partial charge in [0.15, 0.2) is 0 Å². The summed E-state index contributed by atoms with van der Waals surface area (Å²) in [5.41, 5.74) is 1.71. The van der Waals surface area contributed by atoms with Gasteiger partial charge in [0, 0.05) is 17.5 Å². The van der Waals surface area contributed by atoms with E-state index in [2.05, 4.69) is 16.8 Å². The Bertz CT molecular complexity index is 662. The molecule has 1 aliphatic heterocycles. The first kappa shape index (κ1) is 14.5. The summed E-state index contributed by atoms with van der Waals surface area (Å²) >= 11 is 1.26. The van der Waals surface area contributed by atoms with Gasteiger partial charge < -0.3 is 4.98 Å². The number of aromatic nitrogens is 1. The Morgan fingerprint density at radius 3 is 2.81 bits per heavy atom. The van der Waals surface area contributed by atoms with E-state index in [0.29, 0.717) is 6.04 Å². The standard InChI is InChI=1S/C16H19FN2OS/c1-11-4-2-3-9-19(11)10-14-15(18-16(20)21-14)12-5-7-13(17)8-6-12/h5-8,11H,2-4,9-10H2,1H3,(H,18,20). The first-order chi connectivity index (χ1) is 10.1.